The normalized spacial score (nSPS) is 20.3. The topological polar surface area (TPSA) is 60.9 Å². The summed E-state index contributed by atoms with van der Waals surface area (Å²) in [4.78, 5) is 11.8. The summed E-state index contributed by atoms with van der Waals surface area (Å²) < 4.78 is 43.3. The molecule has 180 valence electrons. The number of rotatable bonds is 3. The van der Waals surface area contributed by atoms with Gasteiger partial charge >= 0.3 is 6.18 Å². The molecule has 2 aliphatic rings. The molecule has 1 fully saturated rings. The van der Waals surface area contributed by atoms with E-state index in [1.807, 2.05) is 6.92 Å². The van der Waals surface area contributed by atoms with E-state index in [-0.39, 0.29) is 11.3 Å². The zero-order valence-corrected chi connectivity index (χ0v) is 20.5. The van der Waals surface area contributed by atoms with E-state index < -0.39 is 17.9 Å². The van der Waals surface area contributed by atoms with Gasteiger partial charge in [-0.05, 0) is 62.0 Å². The van der Waals surface area contributed by atoms with E-state index in [2.05, 4.69) is 36.0 Å². The number of nitrogens with zero attached hydrogens (tertiary/aromatic N) is 6. The Hall–Kier alpha value is -2.49. The van der Waals surface area contributed by atoms with Crippen molar-refractivity contribution in [2.45, 2.75) is 77.9 Å². The van der Waals surface area contributed by atoms with E-state index in [1.54, 1.807) is 22.2 Å². The van der Waals surface area contributed by atoms with Gasteiger partial charge in [0.1, 0.15) is 17.2 Å². The second-order valence-corrected chi connectivity index (χ2v) is 11.9. The van der Waals surface area contributed by atoms with Crippen molar-refractivity contribution >= 4 is 27.2 Å². The third kappa shape index (κ3) is 3.52. The van der Waals surface area contributed by atoms with Crippen molar-refractivity contribution in [2.24, 2.45) is 11.3 Å². The molecule has 6 rings (SSSR count). The Morgan fingerprint density at radius 1 is 1.12 bits per heavy atom. The van der Waals surface area contributed by atoms with Crippen LogP contribution in [0.15, 0.2) is 12.4 Å². The number of hydrogen-bond acceptors (Lipinski definition) is 5. The Kier molecular flexibility index (Phi) is 4.70. The van der Waals surface area contributed by atoms with Crippen molar-refractivity contribution in [3.8, 4) is 0 Å². The second kappa shape index (κ2) is 7.26. The number of alkyl halides is 3. The molecule has 0 aliphatic heterocycles. The molecule has 0 bridgehead atoms. The highest BCUT2D eigenvalue weighted by atomic mass is 32.1. The third-order valence-electron chi connectivity index (χ3n) is 7.42. The number of aryl methyl sites for hydroxylation is 1. The lowest BCUT2D eigenvalue weighted by Crippen LogP contribution is -2.26. The van der Waals surface area contributed by atoms with E-state index in [0.29, 0.717) is 17.4 Å². The van der Waals surface area contributed by atoms with Crippen LogP contribution in [-0.2, 0) is 19.0 Å². The van der Waals surface area contributed by atoms with Crippen molar-refractivity contribution in [3.63, 3.8) is 0 Å². The summed E-state index contributed by atoms with van der Waals surface area (Å²) in [5.74, 6) is 1.20. The second-order valence-electron chi connectivity index (χ2n) is 10.8. The maximum Gasteiger partial charge on any atom is 0.435 e. The monoisotopic (exact) mass is 488 g/mol. The fourth-order valence-corrected chi connectivity index (χ4v) is 6.42. The summed E-state index contributed by atoms with van der Waals surface area (Å²) >= 11 is 1.73. The molecule has 0 radical (unpaired) electrons. The van der Waals surface area contributed by atoms with Crippen molar-refractivity contribution in [3.05, 3.63) is 40.0 Å². The molecule has 34 heavy (non-hydrogen) atoms. The van der Waals surface area contributed by atoms with Gasteiger partial charge in [0.15, 0.2) is 17.2 Å². The molecule has 0 spiro atoms. The molecular formula is C24H27F3N6S. The standard InChI is InChI=1S/C24H27F3N6S/c1-12(33-16(13-5-6-13)10-18(30-33)24(25,26)27)20-29-21-19-15-8-7-14(23(2,3)4)9-17(15)34-22(19)28-11-32(21)31-20/h10-14H,5-9H2,1-4H3. The van der Waals surface area contributed by atoms with Crippen LogP contribution in [0, 0.1) is 11.3 Å². The van der Waals surface area contributed by atoms with Gasteiger partial charge in [-0.3, -0.25) is 4.68 Å². The van der Waals surface area contributed by atoms with Crippen LogP contribution in [-0.4, -0.2) is 29.4 Å². The SMILES string of the molecule is CC(c1nc2c3c4c(sc3ncn2n1)CC(C(C)(C)C)CC4)n1nc(C(F)(F)F)cc1C1CC1. The lowest BCUT2D eigenvalue weighted by Gasteiger charge is -2.33. The van der Waals surface area contributed by atoms with Crippen LogP contribution in [0.4, 0.5) is 13.2 Å². The first kappa shape index (κ1) is 22.0. The fourth-order valence-electron chi connectivity index (χ4n) is 5.16. The summed E-state index contributed by atoms with van der Waals surface area (Å²) in [5, 5.41) is 9.59. The lowest BCUT2D eigenvalue weighted by molar-refractivity contribution is -0.141. The van der Waals surface area contributed by atoms with E-state index in [0.717, 1.165) is 48.0 Å². The van der Waals surface area contributed by atoms with Crippen LogP contribution in [0.5, 0.6) is 0 Å². The molecule has 0 aromatic carbocycles. The highest BCUT2D eigenvalue weighted by Crippen LogP contribution is 2.45. The number of aromatic nitrogens is 6. The predicted molar refractivity (Wildman–Crippen MR) is 124 cm³/mol. The van der Waals surface area contributed by atoms with Gasteiger partial charge in [0, 0.05) is 16.5 Å². The van der Waals surface area contributed by atoms with Crippen LogP contribution in [0.2, 0.25) is 0 Å². The van der Waals surface area contributed by atoms with Gasteiger partial charge in [0.2, 0.25) is 0 Å². The zero-order chi connectivity index (χ0) is 24.0. The Labute approximate surface area is 199 Å². The largest absolute Gasteiger partial charge is 0.435 e. The molecule has 0 saturated heterocycles. The van der Waals surface area contributed by atoms with E-state index in [9.17, 15) is 13.2 Å². The maximum atomic E-state index is 13.4. The molecule has 1 saturated carbocycles. The lowest BCUT2D eigenvalue weighted by atomic mass is 9.72. The molecule has 6 nitrogen and oxygen atoms in total. The third-order valence-corrected chi connectivity index (χ3v) is 8.58. The van der Waals surface area contributed by atoms with Gasteiger partial charge in [-0.25, -0.2) is 14.5 Å². The molecule has 0 N–H and O–H groups in total. The smallest absolute Gasteiger partial charge is 0.258 e. The van der Waals surface area contributed by atoms with Crippen molar-refractivity contribution in [1.29, 1.82) is 0 Å². The fraction of sp³-hybridized carbons (Fsp3) is 0.583. The van der Waals surface area contributed by atoms with Gasteiger partial charge in [-0.1, -0.05) is 20.8 Å². The van der Waals surface area contributed by atoms with Gasteiger partial charge in [-0.15, -0.1) is 16.4 Å². The Balaban J connectivity index is 1.42. The average molecular weight is 489 g/mol. The zero-order valence-electron chi connectivity index (χ0n) is 19.6. The van der Waals surface area contributed by atoms with Crippen LogP contribution < -0.4 is 0 Å². The minimum absolute atomic E-state index is 0.121. The highest BCUT2D eigenvalue weighted by molar-refractivity contribution is 7.19. The molecule has 0 amide bonds. The minimum Gasteiger partial charge on any atom is -0.258 e. The molecule has 10 heteroatoms. The number of hydrogen-bond donors (Lipinski definition) is 0. The molecule has 4 aromatic heterocycles. The first-order valence-corrected chi connectivity index (χ1v) is 12.6. The van der Waals surface area contributed by atoms with Crippen LogP contribution in [0.25, 0.3) is 15.9 Å². The quantitative estimate of drug-likeness (QED) is 0.345. The Morgan fingerprint density at radius 3 is 2.56 bits per heavy atom. The van der Waals surface area contributed by atoms with Crippen molar-refractivity contribution in [2.75, 3.05) is 0 Å². The minimum atomic E-state index is -4.47. The van der Waals surface area contributed by atoms with Crippen LogP contribution in [0.1, 0.15) is 86.6 Å². The maximum absolute atomic E-state index is 13.4. The van der Waals surface area contributed by atoms with Gasteiger partial charge < -0.3 is 0 Å². The highest BCUT2D eigenvalue weighted by Gasteiger charge is 2.39. The van der Waals surface area contributed by atoms with E-state index in [4.69, 9.17) is 4.98 Å². The summed E-state index contributed by atoms with van der Waals surface area (Å²) in [6.07, 6.45) is 2.11. The number of thiophene rings is 1. The molecular weight excluding hydrogens is 461 g/mol. The van der Waals surface area contributed by atoms with Crippen LogP contribution >= 0.6 is 11.3 Å². The molecule has 2 atom stereocenters. The first-order valence-electron chi connectivity index (χ1n) is 11.8. The molecule has 4 aromatic rings. The van der Waals surface area contributed by atoms with Gasteiger partial charge in [-0.2, -0.15) is 18.3 Å². The summed E-state index contributed by atoms with van der Waals surface area (Å²) in [5.41, 5.74) is 2.06. The van der Waals surface area contributed by atoms with Crippen molar-refractivity contribution < 1.29 is 13.2 Å². The average Bonchev–Trinajstić information content (AvgIpc) is 3.21. The molecule has 2 unspecified atom stereocenters. The molecule has 2 aliphatic carbocycles. The van der Waals surface area contributed by atoms with E-state index >= 15 is 0 Å². The van der Waals surface area contributed by atoms with Gasteiger partial charge in [0.05, 0.1) is 5.39 Å². The molecule has 4 heterocycles. The van der Waals surface area contributed by atoms with Gasteiger partial charge in [0.25, 0.3) is 0 Å². The number of halogens is 3. The summed E-state index contributed by atoms with van der Waals surface area (Å²) in [7, 11) is 0. The predicted octanol–water partition coefficient (Wildman–Crippen LogP) is 6.19. The van der Waals surface area contributed by atoms with E-state index in [1.165, 1.54) is 21.2 Å². The Bertz CT molecular complexity index is 1400. The Morgan fingerprint density at radius 2 is 1.88 bits per heavy atom. The summed E-state index contributed by atoms with van der Waals surface area (Å²) in [6.45, 7) is 8.71. The van der Waals surface area contributed by atoms with Crippen LogP contribution in [0.3, 0.4) is 0 Å². The summed E-state index contributed by atoms with van der Waals surface area (Å²) in [6, 6.07) is 0.673. The first-order chi connectivity index (χ1) is 16.0. The number of fused-ring (bicyclic) bond motifs is 5. The van der Waals surface area contributed by atoms with Crippen molar-refractivity contribution in [1.82, 2.24) is 29.4 Å².